The highest BCUT2D eigenvalue weighted by Gasteiger charge is 2.25. The average Bonchev–Trinajstić information content (AvgIpc) is 2.56. The van der Waals surface area contributed by atoms with Crippen LogP contribution in [0.25, 0.3) is 0 Å². The van der Waals surface area contributed by atoms with Crippen LogP contribution in [0.4, 0.5) is 5.69 Å². The molecule has 1 unspecified atom stereocenters. The number of anilines is 1. The van der Waals surface area contributed by atoms with Crippen LogP contribution in [0.3, 0.4) is 0 Å². The Balaban J connectivity index is 2.29. The van der Waals surface area contributed by atoms with Crippen molar-refractivity contribution in [2.75, 3.05) is 12.4 Å². The van der Waals surface area contributed by atoms with Gasteiger partial charge in [-0.1, -0.05) is 54.0 Å². The number of para-hydroxylation sites is 1. The molecule has 0 aromatic heterocycles. The fourth-order valence-electron chi connectivity index (χ4n) is 2.64. The van der Waals surface area contributed by atoms with Gasteiger partial charge in [0.1, 0.15) is 0 Å². The van der Waals surface area contributed by atoms with Gasteiger partial charge in [-0.3, -0.25) is 9.59 Å². The molecule has 2 amide bonds. The molecular formula is C19H21BrN2O2. The predicted molar refractivity (Wildman–Crippen MR) is 100 cm³/mol. The number of hydrogen-bond donors (Lipinski definition) is 2. The quantitative estimate of drug-likeness (QED) is 0.806. The van der Waals surface area contributed by atoms with E-state index in [9.17, 15) is 9.59 Å². The fourth-order valence-corrected chi connectivity index (χ4v) is 2.91. The molecule has 0 bridgehead atoms. The van der Waals surface area contributed by atoms with Crippen LogP contribution in [0, 0.1) is 5.92 Å². The Bertz CT molecular complexity index is 726. The Morgan fingerprint density at radius 3 is 2.21 bits per heavy atom. The first-order chi connectivity index (χ1) is 11.4. The molecule has 0 fully saturated rings. The molecule has 4 nitrogen and oxygen atoms in total. The van der Waals surface area contributed by atoms with Gasteiger partial charge in [-0.05, 0) is 35.7 Å². The van der Waals surface area contributed by atoms with Crippen molar-refractivity contribution in [2.45, 2.75) is 19.8 Å². The first kappa shape index (κ1) is 18.2. The monoisotopic (exact) mass is 388 g/mol. The molecule has 2 N–H and O–H groups in total. The van der Waals surface area contributed by atoms with Gasteiger partial charge in [0.15, 0.2) is 0 Å². The molecule has 2 aromatic rings. The van der Waals surface area contributed by atoms with Gasteiger partial charge in [-0.15, -0.1) is 0 Å². The summed E-state index contributed by atoms with van der Waals surface area (Å²) in [6.45, 7) is 4.02. The van der Waals surface area contributed by atoms with E-state index in [0.717, 1.165) is 10.0 Å². The number of rotatable bonds is 5. The Hall–Kier alpha value is -2.14. The van der Waals surface area contributed by atoms with Crippen molar-refractivity contribution in [1.82, 2.24) is 5.32 Å². The van der Waals surface area contributed by atoms with Crippen LogP contribution >= 0.6 is 15.9 Å². The topological polar surface area (TPSA) is 58.2 Å². The smallest absolute Gasteiger partial charge is 0.253 e. The molecular weight excluding hydrogens is 368 g/mol. The molecule has 0 saturated heterocycles. The first-order valence-electron chi connectivity index (χ1n) is 7.81. The second-order valence-electron chi connectivity index (χ2n) is 5.89. The number of benzene rings is 2. The maximum absolute atomic E-state index is 12.8. The third kappa shape index (κ3) is 4.23. The van der Waals surface area contributed by atoms with Crippen LogP contribution in [0.1, 0.15) is 35.7 Å². The van der Waals surface area contributed by atoms with Gasteiger partial charge in [0, 0.05) is 11.5 Å². The average molecular weight is 389 g/mol. The van der Waals surface area contributed by atoms with Crippen LogP contribution in [0.15, 0.2) is 53.0 Å². The molecule has 126 valence electrons. The Kier molecular flexibility index (Phi) is 6.15. The highest BCUT2D eigenvalue weighted by Crippen LogP contribution is 2.28. The van der Waals surface area contributed by atoms with E-state index in [1.165, 1.54) is 0 Å². The minimum atomic E-state index is -0.296. The van der Waals surface area contributed by atoms with Gasteiger partial charge >= 0.3 is 0 Å². The Morgan fingerprint density at radius 2 is 1.62 bits per heavy atom. The van der Waals surface area contributed by atoms with Crippen LogP contribution in [0.2, 0.25) is 0 Å². The second kappa shape index (κ2) is 8.11. The summed E-state index contributed by atoms with van der Waals surface area (Å²) in [6.07, 6.45) is 0. The highest BCUT2D eigenvalue weighted by atomic mass is 79.9. The van der Waals surface area contributed by atoms with Crippen molar-refractivity contribution in [1.29, 1.82) is 0 Å². The van der Waals surface area contributed by atoms with E-state index in [0.29, 0.717) is 11.3 Å². The first-order valence-corrected chi connectivity index (χ1v) is 8.60. The second-order valence-corrected chi connectivity index (χ2v) is 6.80. The van der Waals surface area contributed by atoms with E-state index in [-0.39, 0.29) is 23.7 Å². The zero-order chi connectivity index (χ0) is 17.7. The lowest BCUT2D eigenvalue weighted by Crippen LogP contribution is -2.27. The van der Waals surface area contributed by atoms with E-state index in [1.807, 2.05) is 38.1 Å². The number of halogens is 1. The third-order valence-electron chi connectivity index (χ3n) is 3.83. The molecule has 5 heteroatoms. The van der Waals surface area contributed by atoms with Crippen molar-refractivity contribution in [3.05, 3.63) is 64.1 Å². The summed E-state index contributed by atoms with van der Waals surface area (Å²) in [7, 11) is 1.57. The van der Waals surface area contributed by atoms with Gasteiger partial charge < -0.3 is 10.6 Å². The van der Waals surface area contributed by atoms with E-state index in [1.54, 1.807) is 31.3 Å². The van der Waals surface area contributed by atoms with Crippen LogP contribution < -0.4 is 10.6 Å². The predicted octanol–water partition coefficient (Wildman–Crippen LogP) is 4.19. The number of carbonyl (C=O) groups excluding carboxylic acids is 2. The SMILES string of the molecule is CNC(=O)c1ccccc1NC(=O)C(c1ccc(Br)cc1)C(C)C. The summed E-state index contributed by atoms with van der Waals surface area (Å²) < 4.78 is 0.971. The summed E-state index contributed by atoms with van der Waals surface area (Å²) in [6, 6.07) is 14.7. The van der Waals surface area contributed by atoms with E-state index in [4.69, 9.17) is 0 Å². The lowest BCUT2D eigenvalue weighted by molar-refractivity contribution is -0.118. The Morgan fingerprint density at radius 1 is 1.00 bits per heavy atom. The number of hydrogen-bond acceptors (Lipinski definition) is 2. The fraction of sp³-hybridized carbons (Fsp3) is 0.263. The third-order valence-corrected chi connectivity index (χ3v) is 4.36. The molecule has 1 atom stereocenters. The summed E-state index contributed by atoms with van der Waals surface area (Å²) in [5, 5.41) is 5.50. The van der Waals surface area contributed by atoms with Crippen molar-refractivity contribution < 1.29 is 9.59 Å². The van der Waals surface area contributed by atoms with Crippen molar-refractivity contribution in [2.24, 2.45) is 5.92 Å². The van der Waals surface area contributed by atoms with Crippen molar-refractivity contribution >= 4 is 33.4 Å². The molecule has 0 aliphatic carbocycles. The highest BCUT2D eigenvalue weighted by molar-refractivity contribution is 9.10. The molecule has 24 heavy (non-hydrogen) atoms. The van der Waals surface area contributed by atoms with Gasteiger partial charge in [-0.2, -0.15) is 0 Å². The molecule has 0 aliphatic rings. The lowest BCUT2D eigenvalue weighted by Gasteiger charge is -2.21. The van der Waals surface area contributed by atoms with Gasteiger partial charge in [-0.25, -0.2) is 0 Å². The van der Waals surface area contributed by atoms with E-state index >= 15 is 0 Å². The van der Waals surface area contributed by atoms with Gasteiger partial charge in [0.2, 0.25) is 5.91 Å². The van der Waals surface area contributed by atoms with Crippen LogP contribution in [-0.4, -0.2) is 18.9 Å². The number of amides is 2. The van der Waals surface area contributed by atoms with E-state index < -0.39 is 0 Å². The molecule has 2 aromatic carbocycles. The van der Waals surface area contributed by atoms with Crippen LogP contribution in [0.5, 0.6) is 0 Å². The summed E-state index contributed by atoms with van der Waals surface area (Å²) >= 11 is 3.41. The normalized spacial score (nSPS) is 11.9. The minimum Gasteiger partial charge on any atom is -0.355 e. The van der Waals surface area contributed by atoms with E-state index in [2.05, 4.69) is 26.6 Å². The number of nitrogens with one attached hydrogen (secondary N) is 2. The molecule has 0 saturated carbocycles. The molecule has 0 aliphatic heterocycles. The van der Waals surface area contributed by atoms with Gasteiger partial charge in [0.05, 0.1) is 17.2 Å². The Labute approximate surface area is 150 Å². The largest absolute Gasteiger partial charge is 0.355 e. The zero-order valence-corrected chi connectivity index (χ0v) is 15.6. The maximum Gasteiger partial charge on any atom is 0.253 e. The number of carbonyl (C=O) groups is 2. The molecule has 0 heterocycles. The molecule has 0 spiro atoms. The molecule has 2 rings (SSSR count). The summed E-state index contributed by atoms with van der Waals surface area (Å²) in [4.78, 5) is 24.8. The standard InChI is InChI=1S/C19H21BrN2O2/c1-12(2)17(13-8-10-14(20)11-9-13)19(24)22-16-7-5-4-6-15(16)18(23)21-3/h4-12,17H,1-3H3,(H,21,23)(H,22,24). The summed E-state index contributed by atoms with van der Waals surface area (Å²) in [5.74, 6) is -0.520. The van der Waals surface area contributed by atoms with Crippen molar-refractivity contribution in [3.63, 3.8) is 0 Å². The summed E-state index contributed by atoms with van der Waals surface area (Å²) in [5.41, 5.74) is 1.92. The molecule has 0 radical (unpaired) electrons. The lowest BCUT2D eigenvalue weighted by atomic mass is 9.87. The maximum atomic E-state index is 12.8. The van der Waals surface area contributed by atoms with Crippen LogP contribution in [-0.2, 0) is 4.79 Å². The van der Waals surface area contributed by atoms with Gasteiger partial charge in [0.25, 0.3) is 5.91 Å². The minimum absolute atomic E-state index is 0.122. The van der Waals surface area contributed by atoms with Crippen molar-refractivity contribution in [3.8, 4) is 0 Å². The zero-order valence-electron chi connectivity index (χ0n) is 14.0.